The Morgan fingerprint density at radius 2 is 2.00 bits per heavy atom. The van der Waals surface area contributed by atoms with E-state index in [9.17, 15) is 0 Å². The Balaban J connectivity index is 2.85. The number of ether oxygens (including phenoxy) is 1. The molecule has 0 fully saturated rings. The lowest BCUT2D eigenvalue weighted by atomic mass is 10.1. The van der Waals surface area contributed by atoms with Crippen molar-refractivity contribution in [2.24, 2.45) is 5.73 Å². The monoisotopic (exact) mass is 203 g/mol. The van der Waals surface area contributed by atoms with E-state index in [0.717, 1.165) is 5.75 Å². The smallest absolute Gasteiger partial charge is 0.142 e. The number of benzene rings is 1. The number of allylic oxidation sites excluding steroid dienone is 2. The summed E-state index contributed by atoms with van der Waals surface area (Å²) in [6, 6.07) is 5.98. The van der Waals surface area contributed by atoms with Crippen LogP contribution in [0.5, 0.6) is 5.75 Å². The van der Waals surface area contributed by atoms with Crippen LogP contribution >= 0.6 is 0 Å². The first kappa shape index (κ1) is 11.4. The molecule has 2 nitrogen and oxygen atoms in total. The largest absolute Gasteiger partial charge is 0.456 e. The summed E-state index contributed by atoms with van der Waals surface area (Å²) < 4.78 is 5.59. The van der Waals surface area contributed by atoms with E-state index in [2.05, 4.69) is 13.8 Å². The second kappa shape index (κ2) is 5.25. The lowest BCUT2D eigenvalue weighted by Crippen LogP contribution is -1.96. The highest BCUT2D eigenvalue weighted by Gasteiger charge is 1.98. The SMILES string of the molecule is C/C=C\C(=C/N)Oc1ccc(C)c(C)c1. The van der Waals surface area contributed by atoms with E-state index in [-0.39, 0.29) is 0 Å². The van der Waals surface area contributed by atoms with Gasteiger partial charge in [-0.1, -0.05) is 12.1 Å². The molecule has 0 aliphatic heterocycles. The topological polar surface area (TPSA) is 35.2 Å². The summed E-state index contributed by atoms with van der Waals surface area (Å²) in [7, 11) is 0. The molecule has 0 heterocycles. The second-order valence-electron chi connectivity index (χ2n) is 3.42. The van der Waals surface area contributed by atoms with E-state index < -0.39 is 0 Å². The Labute approximate surface area is 91.1 Å². The van der Waals surface area contributed by atoms with Crippen LogP contribution in [0.25, 0.3) is 0 Å². The summed E-state index contributed by atoms with van der Waals surface area (Å²) in [6.45, 7) is 6.06. The van der Waals surface area contributed by atoms with Crippen molar-refractivity contribution in [3.05, 3.63) is 53.4 Å². The van der Waals surface area contributed by atoms with Crippen molar-refractivity contribution in [2.75, 3.05) is 0 Å². The molecule has 0 aliphatic rings. The number of nitrogens with two attached hydrogens (primary N) is 1. The average Bonchev–Trinajstić information content (AvgIpc) is 2.23. The van der Waals surface area contributed by atoms with E-state index in [4.69, 9.17) is 10.5 Å². The number of rotatable bonds is 3. The van der Waals surface area contributed by atoms with Crippen molar-refractivity contribution in [3.63, 3.8) is 0 Å². The predicted molar refractivity (Wildman–Crippen MR) is 63.6 cm³/mol. The fourth-order valence-electron chi connectivity index (χ4n) is 1.20. The van der Waals surface area contributed by atoms with Crippen molar-refractivity contribution in [2.45, 2.75) is 20.8 Å². The molecule has 1 aromatic carbocycles. The van der Waals surface area contributed by atoms with Crippen LogP contribution in [-0.4, -0.2) is 0 Å². The first-order chi connectivity index (χ1) is 7.17. The van der Waals surface area contributed by atoms with Gasteiger partial charge in [-0.2, -0.15) is 0 Å². The normalized spacial score (nSPS) is 12.1. The van der Waals surface area contributed by atoms with Crippen LogP contribution in [0.15, 0.2) is 42.3 Å². The maximum Gasteiger partial charge on any atom is 0.142 e. The molecule has 15 heavy (non-hydrogen) atoms. The summed E-state index contributed by atoms with van der Waals surface area (Å²) in [5, 5.41) is 0. The highest BCUT2D eigenvalue weighted by molar-refractivity contribution is 5.35. The summed E-state index contributed by atoms with van der Waals surface area (Å²) in [5.41, 5.74) is 7.90. The van der Waals surface area contributed by atoms with Gasteiger partial charge in [-0.3, -0.25) is 0 Å². The first-order valence-corrected chi connectivity index (χ1v) is 4.97. The van der Waals surface area contributed by atoms with Gasteiger partial charge in [-0.05, 0) is 50.1 Å². The molecule has 0 saturated carbocycles. The van der Waals surface area contributed by atoms with Crippen molar-refractivity contribution < 1.29 is 4.74 Å². The Bertz CT molecular complexity index is 392. The summed E-state index contributed by atoms with van der Waals surface area (Å²) >= 11 is 0. The maximum absolute atomic E-state index is 5.59. The summed E-state index contributed by atoms with van der Waals surface area (Å²) in [5.74, 6) is 1.47. The molecule has 2 N–H and O–H groups in total. The molecule has 0 unspecified atom stereocenters. The van der Waals surface area contributed by atoms with Gasteiger partial charge in [0.15, 0.2) is 0 Å². The molecule has 1 rings (SSSR count). The highest BCUT2D eigenvalue weighted by Crippen LogP contribution is 2.18. The van der Waals surface area contributed by atoms with Gasteiger partial charge in [0.25, 0.3) is 0 Å². The number of aryl methyl sites for hydroxylation is 2. The van der Waals surface area contributed by atoms with Crippen LogP contribution in [-0.2, 0) is 0 Å². The van der Waals surface area contributed by atoms with Gasteiger partial charge in [0.2, 0.25) is 0 Å². The van der Waals surface area contributed by atoms with Crippen molar-refractivity contribution in [1.29, 1.82) is 0 Å². The van der Waals surface area contributed by atoms with Crippen LogP contribution in [0, 0.1) is 13.8 Å². The fourth-order valence-corrected chi connectivity index (χ4v) is 1.20. The molecule has 0 spiro atoms. The quantitative estimate of drug-likeness (QED) is 0.605. The molecule has 0 radical (unpaired) electrons. The minimum Gasteiger partial charge on any atom is -0.456 e. The maximum atomic E-state index is 5.59. The van der Waals surface area contributed by atoms with E-state index in [1.807, 2.05) is 37.3 Å². The fraction of sp³-hybridized carbons (Fsp3) is 0.231. The van der Waals surface area contributed by atoms with E-state index >= 15 is 0 Å². The van der Waals surface area contributed by atoms with Gasteiger partial charge < -0.3 is 10.5 Å². The number of hydrogen-bond donors (Lipinski definition) is 1. The van der Waals surface area contributed by atoms with Crippen LogP contribution in [0.4, 0.5) is 0 Å². The molecule has 80 valence electrons. The second-order valence-corrected chi connectivity index (χ2v) is 3.42. The minimum atomic E-state index is 0.653. The van der Waals surface area contributed by atoms with Crippen molar-refractivity contribution in [3.8, 4) is 5.75 Å². The molecule has 1 aromatic rings. The minimum absolute atomic E-state index is 0.653. The molecule has 0 bridgehead atoms. The highest BCUT2D eigenvalue weighted by atomic mass is 16.5. The molecule has 0 saturated heterocycles. The summed E-state index contributed by atoms with van der Waals surface area (Å²) in [4.78, 5) is 0. The Morgan fingerprint density at radius 1 is 1.27 bits per heavy atom. The van der Waals surface area contributed by atoms with Gasteiger partial charge in [0, 0.05) is 6.20 Å². The van der Waals surface area contributed by atoms with E-state index in [1.165, 1.54) is 17.3 Å². The molecular formula is C13H17NO. The zero-order valence-corrected chi connectivity index (χ0v) is 9.45. The first-order valence-electron chi connectivity index (χ1n) is 4.97. The average molecular weight is 203 g/mol. The van der Waals surface area contributed by atoms with Gasteiger partial charge in [-0.25, -0.2) is 0 Å². The zero-order chi connectivity index (χ0) is 11.3. The van der Waals surface area contributed by atoms with Gasteiger partial charge >= 0.3 is 0 Å². The van der Waals surface area contributed by atoms with Crippen LogP contribution in [0.2, 0.25) is 0 Å². The summed E-state index contributed by atoms with van der Waals surface area (Å²) in [6.07, 6.45) is 5.17. The van der Waals surface area contributed by atoms with Gasteiger partial charge in [-0.15, -0.1) is 0 Å². The standard InChI is InChI=1S/C13H17NO/c1-4-5-13(9-14)15-12-7-6-10(2)11(3)8-12/h4-9H,14H2,1-3H3/b5-4-,13-9+. The molecule has 0 aliphatic carbocycles. The molecular weight excluding hydrogens is 186 g/mol. The van der Waals surface area contributed by atoms with E-state index in [1.54, 1.807) is 0 Å². The third-order valence-electron chi connectivity index (χ3n) is 2.21. The third kappa shape index (κ3) is 3.17. The van der Waals surface area contributed by atoms with Crippen LogP contribution in [0.1, 0.15) is 18.1 Å². The molecule has 0 amide bonds. The van der Waals surface area contributed by atoms with Crippen LogP contribution < -0.4 is 10.5 Å². The lowest BCUT2D eigenvalue weighted by molar-refractivity contribution is 0.442. The number of hydrogen-bond acceptors (Lipinski definition) is 2. The van der Waals surface area contributed by atoms with E-state index in [0.29, 0.717) is 5.76 Å². The van der Waals surface area contributed by atoms with Crippen molar-refractivity contribution >= 4 is 0 Å². The Morgan fingerprint density at radius 3 is 2.53 bits per heavy atom. The molecule has 0 aromatic heterocycles. The van der Waals surface area contributed by atoms with Crippen LogP contribution in [0.3, 0.4) is 0 Å². The van der Waals surface area contributed by atoms with Gasteiger partial charge in [0.1, 0.15) is 11.5 Å². The third-order valence-corrected chi connectivity index (χ3v) is 2.21. The van der Waals surface area contributed by atoms with Crippen molar-refractivity contribution in [1.82, 2.24) is 0 Å². The Hall–Kier alpha value is -1.70. The molecule has 2 heteroatoms. The lowest BCUT2D eigenvalue weighted by Gasteiger charge is -2.07. The van der Waals surface area contributed by atoms with Gasteiger partial charge in [0.05, 0.1) is 0 Å². The Kier molecular flexibility index (Phi) is 3.98. The zero-order valence-electron chi connectivity index (χ0n) is 9.45. The molecule has 0 atom stereocenters. The predicted octanol–water partition coefficient (Wildman–Crippen LogP) is 3.06.